The average molecular weight is 322 g/mol. The van der Waals surface area contributed by atoms with Crippen LogP contribution in [0.3, 0.4) is 0 Å². The van der Waals surface area contributed by atoms with Crippen molar-refractivity contribution in [2.45, 2.75) is 17.7 Å². The van der Waals surface area contributed by atoms with Gasteiger partial charge in [-0.15, -0.1) is 11.3 Å². The lowest BCUT2D eigenvalue weighted by molar-refractivity contribution is 0.440. The molecule has 5 nitrogen and oxygen atoms in total. The summed E-state index contributed by atoms with van der Waals surface area (Å²) < 4.78 is 37.9. The maximum Gasteiger partial charge on any atom is 0.252 e. The molecule has 0 aliphatic carbocycles. The van der Waals surface area contributed by atoms with Crippen LogP contribution < -0.4 is 5.32 Å². The standard InChI is InChI=1S/C11H18N2O3S3/c1-2-12-9-10-3-4-11(17-10)19(15,16)13-5-7-18(14)8-6-13/h3-4,12H,2,5-9H2,1H3. The summed E-state index contributed by atoms with van der Waals surface area (Å²) in [6.45, 7) is 4.28. The van der Waals surface area contributed by atoms with Crippen molar-refractivity contribution < 1.29 is 12.6 Å². The first-order chi connectivity index (χ1) is 9.04. The summed E-state index contributed by atoms with van der Waals surface area (Å²) in [5, 5.41) is 3.18. The summed E-state index contributed by atoms with van der Waals surface area (Å²) >= 11 is 1.31. The minimum absolute atomic E-state index is 0.357. The highest BCUT2D eigenvalue weighted by molar-refractivity contribution is 7.91. The fraction of sp³-hybridized carbons (Fsp3) is 0.636. The molecule has 0 saturated carbocycles. The highest BCUT2D eigenvalue weighted by Crippen LogP contribution is 2.25. The molecule has 0 spiro atoms. The summed E-state index contributed by atoms with van der Waals surface area (Å²) in [5.41, 5.74) is 0. The molecule has 1 fully saturated rings. The smallest absolute Gasteiger partial charge is 0.252 e. The fourth-order valence-electron chi connectivity index (χ4n) is 1.83. The lowest BCUT2D eigenvalue weighted by atomic mass is 10.4. The Morgan fingerprint density at radius 2 is 2.05 bits per heavy atom. The van der Waals surface area contributed by atoms with Gasteiger partial charge < -0.3 is 5.32 Å². The van der Waals surface area contributed by atoms with E-state index < -0.39 is 20.8 Å². The zero-order chi connectivity index (χ0) is 13.9. The third-order valence-electron chi connectivity index (χ3n) is 2.92. The number of hydrogen-bond acceptors (Lipinski definition) is 5. The molecule has 108 valence electrons. The van der Waals surface area contributed by atoms with Gasteiger partial charge in [-0.2, -0.15) is 4.31 Å². The van der Waals surface area contributed by atoms with Gasteiger partial charge in [-0.1, -0.05) is 6.92 Å². The number of nitrogens with zero attached hydrogens (tertiary/aromatic N) is 1. The van der Waals surface area contributed by atoms with E-state index in [9.17, 15) is 12.6 Å². The van der Waals surface area contributed by atoms with Crippen LogP contribution in [0, 0.1) is 0 Å². The van der Waals surface area contributed by atoms with Crippen molar-refractivity contribution in [2.75, 3.05) is 31.1 Å². The molecule has 0 aromatic carbocycles. The molecule has 1 saturated heterocycles. The molecule has 0 bridgehead atoms. The fourth-order valence-corrected chi connectivity index (χ4v) is 6.03. The van der Waals surface area contributed by atoms with E-state index in [0.717, 1.165) is 11.4 Å². The van der Waals surface area contributed by atoms with Crippen molar-refractivity contribution in [3.8, 4) is 0 Å². The summed E-state index contributed by atoms with van der Waals surface area (Å²) in [4.78, 5) is 1.01. The molecule has 1 aromatic heterocycles. The molecule has 0 radical (unpaired) electrons. The van der Waals surface area contributed by atoms with E-state index in [-0.39, 0.29) is 0 Å². The van der Waals surface area contributed by atoms with E-state index in [2.05, 4.69) is 5.32 Å². The van der Waals surface area contributed by atoms with E-state index in [0.29, 0.717) is 35.3 Å². The van der Waals surface area contributed by atoms with Crippen molar-refractivity contribution in [1.82, 2.24) is 9.62 Å². The molecule has 1 aliphatic rings. The molecule has 0 unspecified atom stereocenters. The summed E-state index contributed by atoms with van der Waals surface area (Å²) in [5.74, 6) is 0.879. The Balaban J connectivity index is 2.10. The van der Waals surface area contributed by atoms with Gasteiger partial charge in [-0.25, -0.2) is 8.42 Å². The van der Waals surface area contributed by atoms with Crippen LogP contribution in [0.2, 0.25) is 0 Å². The van der Waals surface area contributed by atoms with Gasteiger partial charge in [0.05, 0.1) is 0 Å². The number of thiophene rings is 1. The zero-order valence-electron chi connectivity index (χ0n) is 10.8. The SMILES string of the molecule is CCNCc1ccc(S(=O)(=O)N2CCS(=O)CC2)s1. The second-order valence-electron chi connectivity index (χ2n) is 4.25. The van der Waals surface area contributed by atoms with Crippen molar-refractivity contribution in [3.63, 3.8) is 0 Å². The predicted molar refractivity (Wildman–Crippen MR) is 78.3 cm³/mol. The molecule has 2 heterocycles. The van der Waals surface area contributed by atoms with Gasteiger partial charge >= 0.3 is 0 Å². The second-order valence-corrected chi connectivity index (χ2v) is 9.28. The molecule has 0 atom stereocenters. The zero-order valence-corrected chi connectivity index (χ0v) is 13.2. The van der Waals surface area contributed by atoms with Gasteiger partial charge in [0.25, 0.3) is 10.0 Å². The monoisotopic (exact) mass is 322 g/mol. The maximum absolute atomic E-state index is 12.4. The Morgan fingerprint density at radius 3 is 2.68 bits per heavy atom. The van der Waals surface area contributed by atoms with E-state index in [1.807, 2.05) is 13.0 Å². The predicted octanol–water partition coefficient (Wildman–Crippen LogP) is 0.611. The van der Waals surface area contributed by atoms with E-state index >= 15 is 0 Å². The van der Waals surface area contributed by atoms with E-state index in [1.165, 1.54) is 15.6 Å². The Bertz CT molecular complexity index is 543. The quantitative estimate of drug-likeness (QED) is 0.862. The van der Waals surface area contributed by atoms with Crippen LogP contribution in [-0.4, -0.2) is 48.1 Å². The normalized spacial score (nSPS) is 18.8. The number of nitrogens with one attached hydrogen (secondary N) is 1. The minimum Gasteiger partial charge on any atom is -0.312 e. The molecule has 8 heteroatoms. The van der Waals surface area contributed by atoms with Crippen LogP contribution in [0.25, 0.3) is 0 Å². The van der Waals surface area contributed by atoms with Gasteiger partial charge in [-0.3, -0.25) is 4.21 Å². The van der Waals surface area contributed by atoms with Crippen LogP contribution in [-0.2, 0) is 27.4 Å². The van der Waals surface area contributed by atoms with Crippen LogP contribution in [0.1, 0.15) is 11.8 Å². The summed E-state index contributed by atoms with van der Waals surface area (Å²) in [7, 11) is -4.26. The van der Waals surface area contributed by atoms with Crippen molar-refractivity contribution in [2.24, 2.45) is 0 Å². The third-order valence-corrected chi connectivity index (χ3v) is 7.64. The Labute approximate surface area is 120 Å². The molecule has 0 amide bonds. The first-order valence-corrected chi connectivity index (χ1v) is 9.93. The summed E-state index contributed by atoms with van der Waals surface area (Å²) in [6, 6.07) is 3.51. The Kier molecular flexibility index (Phi) is 5.13. The molecule has 1 N–H and O–H groups in total. The maximum atomic E-state index is 12.4. The van der Waals surface area contributed by atoms with Gasteiger partial charge in [0.1, 0.15) is 4.21 Å². The van der Waals surface area contributed by atoms with Crippen LogP contribution in [0.15, 0.2) is 16.3 Å². The van der Waals surface area contributed by atoms with Gasteiger partial charge in [0, 0.05) is 46.8 Å². The highest BCUT2D eigenvalue weighted by atomic mass is 32.2. The Hall–Kier alpha value is -0.280. The molecular weight excluding hydrogens is 304 g/mol. The van der Waals surface area contributed by atoms with E-state index in [1.54, 1.807) is 6.07 Å². The topological polar surface area (TPSA) is 66.5 Å². The largest absolute Gasteiger partial charge is 0.312 e. The number of sulfonamides is 1. The van der Waals surface area contributed by atoms with Gasteiger partial charge in [-0.05, 0) is 18.7 Å². The second kappa shape index (κ2) is 6.45. The lowest BCUT2D eigenvalue weighted by Gasteiger charge is -2.24. The Morgan fingerprint density at radius 1 is 1.37 bits per heavy atom. The molecule has 1 aliphatic heterocycles. The first kappa shape index (κ1) is 15.1. The molecule has 19 heavy (non-hydrogen) atoms. The van der Waals surface area contributed by atoms with Crippen molar-refractivity contribution in [1.29, 1.82) is 0 Å². The minimum atomic E-state index is -3.40. The molecule has 1 aromatic rings. The van der Waals surface area contributed by atoms with Crippen LogP contribution in [0.4, 0.5) is 0 Å². The van der Waals surface area contributed by atoms with Crippen molar-refractivity contribution in [3.05, 3.63) is 17.0 Å². The van der Waals surface area contributed by atoms with E-state index in [4.69, 9.17) is 0 Å². The lowest BCUT2D eigenvalue weighted by Crippen LogP contribution is -2.41. The van der Waals surface area contributed by atoms with Crippen LogP contribution >= 0.6 is 11.3 Å². The third kappa shape index (κ3) is 3.63. The van der Waals surface area contributed by atoms with Gasteiger partial charge in [0.2, 0.25) is 0 Å². The highest BCUT2D eigenvalue weighted by Gasteiger charge is 2.29. The average Bonchev–Trinajstić information content (AvgIpc) is 2.86. The van der Waals surface area contributed by atoms with Gasteiger partial charge in [0.15, 0.2) is 0 Å². The molecular formula is C11H18N2O3S3. The summed E-state index contributed by atoms with van der Waals surface area (Å²) in [6.07, 6.45) is 0. The van der Waals surface area contributed by atoms with Crippen LogP contribution in [0.5, 0.6) is 0 Å². The molecule has 2 rings (SSSR count). The van der Waals surface area contributed by atoms with Crippen molar-refractivity contribution >= 4 is 32.2 Å². The first-order valence-electron chi connectivity index (χ1n) is 6.18. The number of rotatable bonds is 5. The number of hydrogen-bond donors (Lipinski definition) is 1.